The topological polar surface area (TPSA) is 50.7 Å². The van der Waals surface area contributed by atoms with Gasteiger partial charge in [0.25, 0.3) is 0 Å². The summed E-state index contributed by atoms with van der Waals surface area (Å²) in [6.45, 7) is 0. The molecule has 0 bridgehead atoms. The van der Waals surface area contributed by atoms with Crippen molar-refractivity contribution in [1.29, 1.82) is 0 Å². The minimum Gasteiger partial charge on any atom is -0.339 e. The van der Waals surface area contributed by atoms with Crippen molar-refractivity contribution >= 4 is 45.7 Å². The monoisotopic (exact) mass is 408 g/mol. The minimum atomic E-state index is 0.386. The van der Waals surface area contributed by atoms with E-state index in [1.807, 2.05) is 36.4 Å². The first-order chi connectivity index (χ1) is 10.2. The highest BCUT2D eigenvalue weighted by Crippen LogP contribution is 2.24. The van der Waals surface area contributed by atoms with Crippen molar-refractivity contribution in [2.75, 3.05) is 5.32 Å². The van der Waals surface area contributed by atoms with Gasteiger partial charge in [-0.3, -0.25) is 4.98 Å². The molecule has 1 aromatic carbocycles. The summed E-state index contributed by atoms with van der Waals surface area (Å²) in [5, 5.41) is 3.65. The van der Waals surface area contributed by atoms with Crippen LogP contribution < -0.4 is 5.32 Å². The molecule has 0 unspecified atom stereocenters. The van der Waals surface area contributed by atoms with Gasteiger partial charge in [-0.05, 0) is 46.9 Å². The number of para-hydroxylation sites is 1. The predicted molar refractivity (Wildman–Crippen MR) is 92.7 cm³/mol. The van der Waals surface area contributed by atoms with Crippen LogP contribution in [0.2, 0.25) is 5.15 Å². The summed E-state index contributed by atoms with van der Waals surface area (Å²) in [4.78, 5) is 12.8. The first-order valence-electron chi connectivity index (χ1n) is 6.19. The Labute approximate surface area is 140 Å². The van der Waals surface area contributed by atoms with Crippen LogP contribution in [0.3, 0.4) is 0 Å². The van der Waals surface area contributed by atoms with Crippen molar-refractivity contribution in [3.63, 3.8) is 0 Å². The van der Waals surface area contributed by atoms with E-state index in [0.29, 0.717) is 16.8 Å². The second-order valence-electron chi connectivity index (χ2n) is 4.25. The Morgan fingerprint density at radius 1 is 1.05 bits per heavy atom. The number of rotatable bonds is 3. The van der Waals surface area contributed by atoms with Crippen LogP contribution >= 0.6 is 34.2 Å². The van der Waals surface area contributed by atoms with Gasteiger partial charge in [0.2, 0.25) is 0 Å². The zero-order valence-corrected chi connectivity index (χ0v) is 13.7. The molecule has 0 fully saturated rings. The number of nitrogens with one attached hydrogen (secondary N) is 1. The molecule has 0 saturated heterocycles. The minimum absolute atomic E-state index is 0.386. The lowest BCUT2D eigenvalue weighted by Gasteiger charge is -2.09. The number of hydrogen-bond donors (Lipinski definition) is 1. The molecule has 3 aromatic rings. The highest BCUT2D eigenvalue weighted by Gasteiger charge is 2.07. The normalized spacial score (nSPS) is 10.4. The van der Waals surface area contributed by atoms with Gasteiger partial charge in [0.15, 0.2) is 5.82 Å². The third-order valence-corrected chi connectivity index (χ3v) is 3.89. The quantitative estimate of drug-likeness (QED) is 0.511. The number of aromatic nitrogens is 3. The molecule has 0 saturated carbocycles. The van der Waals surface area contributed by atoms with Crippen molar-refractivity contribution in [2.45, 2.75) is 0 Å². The van der Waals surface area contributed by atoms with E-state index in [1.54, 1.807) is 18.5 Å². The molecule has 0 aliphatic rings. The summed E-state index contributed by atoms with van der Waals surface area (Å²) in [5.41, 5.74) is 1.80. The molecular weight excluding hydrogens is 399 g/mol. The van der Waals surface area contributed by atoms with E-state index >= 15 is 0 Å². The average molecular weight is 409 g/mol. The Hall–Kier alpha value is -1.73. The lowest BCUT2D eigenvalue weighted by Crippen LogP contribution is -1.99. The zero-order valence-electron chi connectivity index (χ0n) is 10.8. The predicted octanol–water partition coefficient (Wildman–Crippen LogP) is 4.54. The second kappa shape index (κ2) is 6.36. The Morgan fingerprint density at radius 2 is 1.90 bits per heavy atom. The van der Waals surface area contributed by atoms with Crippen molar-refractivity contribution in [2.24, 2.45) is 0 Å². The zero-order chi connectivity index (χ0) is 14.7. The van der Waals surface area contributed by atoms with Crippen molar-refractivity contribution < 1.29 is 0 Å². The van der Waals surface area contributed by atoms with Crippen LogP contribution in [0, 0.1) is 3.57 Å². The molecule has 0 aliphatic heterocycles. The fourth-order valence-electron chi connectivity index (χ4n) is 1.81. The molecule has 0 aliphatic carbocycles. The number of hydrogen-bond acceptors (Lipinski definition) is 4. The molecule has 0 amide bonds. The first kappa shape index (κ1) is 14.2. The molecule has 2 heterocycles. The molecule has 6 heteroatoms. The average Bonchev–Trinajstić information content (AvgIpc) is 2.50. The summed E-state index contributed by atoms with van der Waals surface area (Å²) in [5.74, 6) is 1.20. The van der Waals surface area contributed by atoms with E-state index in [2.05, 4.69) is 42.9 Å². The number of nitrogens with zero attached hydrogens (tertiary/aromatic N) is 3. The van der Waals surface area contributed by atoms with Gasteiger partial charge in [0.1, 0.15) is 11.0 Å². The Morgan fingerprint density at radius 3 is 2.67 bits per heavy atom. The van der Waals surface area contributed by atoms with Crippen molar-refractivity contribution in [3.8, 4) is 11.4 Å². The third kappa shape index (κ3) is 3.48. The molecule has 21 heavy (non-hydrogen) atoms. The standard InChI is InChI=1S/C15H10ClIN4/c16-13-8-14(19-12-6-2-1-5-11(12)17)21-15(20-13)10-4-3-7-18-9-10/h1-9H,(H,19,20,21). The smallest absolute Gasteiger partial charge is 0.164 e. The fraction of sp³-hybridized carbons (Fsp3) is 0. The van der Waals surface area contributed by atoms with E-state index in [4.69, 9.17) is 11.6 Å². The van der Waals surface area contributed by atoms with Crippen LogP contribution in [0.5, 0.6) is 0 Å². The lowest BCUT2D eigenvalue weighted by atomic mass is 10.2. The highest BCUT2D eigenvalue weighted by atomic mass is 127. The van der Waals surface area contributed by atoms with Crippen molar-refractivity contribution in [1.82, 2.24) is 15.0 Å². The number of benzene rings is 1. The summed E-state index contributed by atoms with van der Waals surface area (Å²) in [6, 6.07) is 13.4. The van der Waals surface area contributed by atoms with Crippen LogP contribution in [-0.2, 0) is 0 Å². The van der Waals surface area contributed by atoms with Crippen LogP contribution in [0.4, 0.5) is 11.5 Å². The number of pyridine rings is 1. The maximum atomic E-state index is 6.09. The van der Waals surface area contributed by atoms with Gasteiger partial charge >= 0.3 is 0 Å². The molecule has 2 aromatic heterocycles. The molecule has 1 N–H and O–H groups in total. The number of anilines is 2. The molecule has 3 rings (SSSR count). The fourth-order valence-corrected chi connectivity index (χ4v) is 2.51. The Kier molecular flexibility index (Phi) is 4.31. The van der Waals surface area contributed by atoms with Gasteiger partial charge in [-0.25, -0.2) is 9.97 Å². The Balaban J connectivity index is 1.97. The van der Waals surface area contributed by atoms with Gasteiger partial charge in [0.05, 0.1) is 5.69 Å². The lowest BCUT2D eigenvalue weighted by molar-refractivity contribution is 1.16. The van der Waals surface area contributed by atoms with Gasteiger partial charge in [-0.2, -0.15) is 0 Å². The summed E-state index contributed by atoms with van der Waals surface area (Å²) >= 11 is 8.36. The molecule has 0 radical (unpaired) electrons. The van der Waals surface area contributed by atoms with E-state index in [0.717, 1.165) is 14.8 Å². The van der Waals surface area contributed by atoms with E-state index < -0.39 is 0 Å². The van der Waals surface area contributed by atoms with Crippen LogP contribution in [0.25, 0.3) is 11.4 Å². The summed E-state index contributed by atoms with van der Waals surface area (Å²) in [6.07, 6.45) is 3.42. The number of halogens is 2. The molecular formula is C15H10ClIN4. The van der Waals surface area contributed by atoms with Gasteiger partial charge < -0.3 is 5.32 Å². The van der Waals surface area contributed by atoms with Crippen molar-refractivity contribution in [3.05, 3.63) is 63.6 Å². The van der Waals surface area contributed by atoms with E-state index in [9.17, 15) is 0 Å². The maximum absolute atomic E-state index is 6.09. The maximum Gasteiger partial charge on any atom is 0.164 e. The molecule has 0 spiro atoms. The molecule has 4 nitrogen and oxygen atoms in total. The SMILES string of the molecule is Clc1cc(Nc2ccccc2I)nc(-c2cccnc2)n1. The van der Waals surface area contributed by atoms with Gasteiger partial charge in [-0.15, -0.1) is 0 Å². The third-order valence-electron chi connectivity index (χ3n) is 2.75. The highest BCUT2D eigenvalue weighted by molar-refractivity contribution is 14.1. The molecule has 0 atom stereocenters. The van der Waals surface area contributed by atoms with Crippen LogP contribution in [0.15, 0.2) is 54.9 Å². The van der Waals surface area contributed by atoms with E-state index in [1.165, 1.54) is 0 Å². The van der Waals surface area contributed by atoms with Gasteiger partial charge in [0, 0.05) is 27.6 Å². The Bertz CT molecular complexity index is 765. The largest absolute Gasteiger partial charge is 0.339 e. The van der Waals surface area contributed by atoms with Crippen LogP contribution in [0.1, 0.15) is 0 Å². The van der Waals surface area contributed by atoms with Crippen LogP contribution in [-0.4, -0.2) is 15.0 Å². The summed E-state index contributed by atoms with van der Waals surface area (Å²) in [7, 11) is 0. The second-order valence-corrected chi connectivity index (χ2v) is 5.80. The van der Waals surface area contributed by atoms with E-state index in [-0.39, 0.29) is 0 Å². The molecule has 104 valence electrons. The summed E-state index contributed by atoms with van der Waals surface area (Å²) < 4.78 is 1.10. The first-order valence-corrected chi connectivity index (χ1v) is 7.64. The van der Waals surface area contributed by atoms with Gasteiger partial charge in [-0.1, -0.05) is 23.7 Å².